The minimum Gasteiger partial charge on any atom is -0.383 e. The predicted molar refractivity (Wildman–Crippen MR) is 87.2 cm³/mol. The summed E-state index contributed by atoms with van der Waals surface area (Å²) in [5.41, 5.74) is 0.520. The van der Waals surface area contributed by atoms with Gasteiger partial charge in [-0.15, -0.1) is 0 Å². The molecule has 1 aromatic carbocycles. The molecule has 116 valence electrons. The van der Waals surface area contributed by atoms with Crippen LogP contribution in [0.3, 0.4) is 0 Å². The highest BCUT2D eigenvalue weighted by atomic mass is 35.5. The Morgan fingerprint density at radius 1 is 1.32 bits per heavy atom. The van der Waals surface area contributed by atoms with Crippen molar-refractivity contribution in [1.82, 2.24) is 14.8 Å². The van der Waals surface area contributed by atoms with Crippen LogP contribution in [-0.4, -0.2) is 25.5 Å². The third-order valence-electron chi connectivity index (χ3n) is 4.77. The lowest BCUT2D eigenvalue weighted by molar-refractivity contribution is -0.0299. The van der Waals surface area contributed by atoms with Gasteiger partial charge in [0.25, 0.3) is 0 Å². The van der Waals surface area contributed by atoms with Crippen molar-refractivity contribution in [2.24, 2.45) is 5.41 Å². The average Bonchev–Trinajstić information content (AvgIpc) is 3.07. The largest absolute Gasteiger partial charge is 0.383 e. The summed E-state index contributed by atoms with van der Waals surface area (Å²) in [6.07, 6.45) is 4.77. The number of halogens is 1. The standard InChI is InChI=1S/C17H20ClN3O/c1-16(2)9-8-14(15(18)13-6-4-3-5-7-13)17(16,22)10-21-12-19-11-20-21/h3-7,11-12,22H,8-10H2,1-2H3/b15-14+. The van der Waals surface area contributed by atoms with E-state index in [9.17, 15) is 5.11 Å². The molecule has 0 aliphatic heterocycles. The summed E-state index contributed by atoms with van der Waals surface area (Å²) in [4.78, 5) is 3.96. The van der Waals surface area contributed by atoms with Gasteiger partial charge in [-0.05, 0) is 29.4 Å². The number of hydrogen-bond acceptors (Lipinski definition) is 3. The van der Waals surface area contributed by atoms with E-state index < -0.39 is 5.60 Å². The molecule has 1 atom stereocenters. The summed E-state index contributed by atoms with van der Waals surface area (Å²) in [7, 11) is 0. The molecule has 0 radical (unpaired) electrons. The molecule has 0 saturated heterocycles. The number of aromatic nitrogens is 3. The minimum atomic E-state index is -1.03. The van der Waals surface area contributed by atoms with Crippen molar-refractivity contribution in [2.45, 2.75) is 38.8 Å². The molecule has 1 aliphatic carbocycles. The normalized spacial score (nSPS) is 26.2. The summed E-state index contributed by atoms with van der Waals surface area (Å²) in [5, 5.41) is 16.2. The van der Waals surface area contributed by atoms with Crippen LogP contribution in [0.5, 0.6) is 0 Å². The molecule has 0 bridgehead atoms. The van der Waals surface area contributed by atoms with Gasteiger partial charge in [0.15, 0.2) is 0 Å². The second-order valence-electron chi connectivity index (χ2n) is 6.50. The van der Waals surface area contributed by atoms with Gasteiger partial charge in [0.1, 0.15) is 18.3 Å². The zero-order chi connectivity index (χ0) is 15.8. The van der Waals surface area contributed by atoms with Gasteiger partial charge in [-0.3, -0.25) is 0 Å². The summed E-state index contributed by atoms with van der Waals surface area (Å²) in [5.74, 6) is 0. The molecule has 1 fully saturated rings. The Hall–Kier alpha value is -1.65. The topological polar surface area (TPSA) is 50.9 Å². The van der Waals surface area contributed by atoms with E-state index in [1.54, 1.807) is 11.0 Å². The number of nitrogens with zero attached hydrogens (tertiary/aromatic N) is 3. The average molecular weight is 318 g/mol. The van der Waals surface area contributed by atoms with Gasteiger partial charge in [-0.25, -0.2) is 9.67 Å². The van der Waals surface area contributed by atoms with Gasteiger partial charge in [0, 0.05) is 5.03 Å². The Balaban J connectivity index is 2.06. The fourth-order valence-corrected chi connectivity index (χ4v) is 3.54. The first kappa shape index (κ1) is 15.3. The van der Waals surface area contributed by atoms with Crippen molar-refractivity contribution in [3.05, 3.63) is 54.1 Å². The predicted octanol–water partition coefficient (Wildman–Crippen LogP) is 3.48. The lowest BCUT2D eigenvalue weighted by Gasteiger charge is -2.38. The van der Waals surface area contributed by atoms with Crippen molar-refractivity contribution >= 4 is 16.6 Å². The molecule has 1 aromatic heterocycles. The van der Waals surface area contributed by atoms with Crippen LogP contribution in [0, 0.1) is 5.41 Å². The van der Waals surface area contributed by atoms with Crippen molar-refractivity contribution in [3.63, 3.8) is 0 Å². The fraction of sp³-hybridized carbons (Fsp3) is 0.412. The molecule has 1 heterocycles. The molecule has 1 saturated carbocycles. The van der Waals surface area contributed by atoms with Gasteiger partial charge in [0.2, 0.25) is 0 Å². The summed E-state index contributed by atoms with van der Waals surface area (Å²) in [6.45, 7) is 4.51. The smallest absolute Gasteiger partial charge is 0.137 e. The SMILES string of the molecule is CC1(C)CC/C(=C(\Cl)c2ccccc2)C1(O)Cn1cncn1. The molecule has 0 spiro atoms. The minimum absolute atomic E-state index is 0.275. The number of benzene rings is 1. The number of aliphatic hydroxyl groups is 1. The highest BCUT2D eigenvalue weighted by molar-refractivity contribution is 6.49. The molecule has 1 unspecified atom stereocenters. The fourth-order valence-electron chi connectivity index (χ4n) is 3.17. The Labute approximate surface area is 135 Å². The Morgan fingerprint density at radius 2 is 2.05 bits per heavy atom. The summed E-state index contributed by atoms with van der Waals surface area (Å²) >= 11 is 6.64. The van der Waals surface area contributed by atoms with Gasteiger partial charge in [-0.1, -0.05) is 55.8 Å². The number of rotatable bonds is 3. The molecule has 5 heteroatoms. The molecule has 22 heavy (non-hydrogen) atoms. The second-order valence-corrected chi connectivity index (χ2v) is 6.87. The highest BCUT2D eigenvalue weighted by Crippen LogP contribution is 2.53. The van der Waals surface area contributed by atoms with Crippen LogP contribution >= 0.6 is 11.6 Å². The summed E-state index contributed by atoms with van der Waals surface area (Å²) < 4.78 is 1.67. The van der Waals surface area contributed by atoms with Crippen LogP contribution in [0.1, 0.15) is 32.3 Å². The van der Waals surface area contributed by atoms with Crippen LogP contribution in [0.15, 0.2) is 48.6 Å². The second kappa shape index (κ2) is 5.52. The Bertz CT molecular complexity index is 679. The van der Waals surface area contributed by atoms with Crippen molar-refractivity contribution in [2.75, 3.05) is 0 Å². The molecule has 4 nitrogen and oxygen atoms in total. The first-order valence-corrected chi connectivity index (χ1v) is 7.81. The van der Waals surface area contributed by atoms with Crippen LogP contribution in [0.4, 0.5) is 0 Å². The lowest BCUT2D eigenvalue weighted by Crippen LogP contribution is -2.45. The van der Waals surface area contributed by atoms with Gasteiger partial charge >= 0.3 is 0 Å². The van der Waals surface area contributed by atoms with E-state index in [0.29, 0.717) is 11.6 Å². The molecule has 2 aromatic rings. The van der Waals surface area contributed by atoms with E-state index in [-0.39, 0.29) is 5.41 Å². The molecular formula is C17H20ClN3O. The van der Waals surface area contributed by atoms with Crippen LogP contribution in [0.25, 0.3) is 5.03 Å². The zero-order valence-electron chi connectivity index (χ0n) is 12.8. The Morgan fingerprint density at radius 3 is 2.68 bits per heavy atom. The summed E-state index contributed by atoms with van der Waals surface area (Å²) in [6, 6.07) is 9.80. The van der Waals surface area contributed by atoms with Crippen molar-refractivity contribution in [3.8, 4) is 0 Å². The van der Waals surface area contributed by atoms with Crippen molar-refractivity contribution < 1.29 is 5.11 Å². The van der Waals surface area contributed by atoms with Gasteiger partial charge < -0.3 is 5.11 Å². The van der Waals surface area contributed by atoms with E-state index in [1.165, 1.54) is 6.33 Å². The molecule has 1 N–H and O–H groups in total. The Kier molecular flexibility index (Phi) is 3.83. The monoisotopic (exact) mass is 317 g/mol. The van der Waals surface area contributed by atoms with Gasteiger partial charge in [-0.2, -0.15) is 5.10 Å². The third-order valence-corrected chi connectivity index (χ3v) is 5.21. The maximum Gasteiger partial charge on any atom is 0.137 e. The molecular weight excluding hydrogens is 298 g/mol. The van der Waals surface area contributed by atoms with E-state index in [2.05, 4.69) is 23.9 Å². The van der Waals surface area contributed by atoms with E-state index >= 15 is 0 Å². The maximum absolute atomic E-state index is 11.5. The number of hydrogen-bond donors (Lipinski definition) is 1. The third kappa shape index (κ3) is 2.46. The van der Waals surface area contributed by atoms with E-state index in [0.717, 1.165) is 24.0 Å². The first-order chi connectivity index (χ1) is 10.4. The first-order valence-electron chi connectivity index (χ1n) is 7.43. The zero-order valence-corrected chi connectivity index (χ0v) is 13.6. The van der Waals surface area contributed by atoms with Crippen LogP contribution < -0.4 is 0 Å². The van der Waals surface area contributed by atoms with E-state index in [4.69, 9.17) is 11.6 Å². The maximum atomic E-state index is 11.5. The van der Waals surface area contributed by atoms with Gasteiger partial charge in [0.05, 0.1) is 6.54 Å². The van der Waals surface area contributed by atoms with Crippen LogP contribution in [-0.2, 0) is 6.54 Å². The van der Waals surface area contributed by atoms with E-state index in [1.807, 2.05) is 30.3 Å². The van der Waals surface area contributed by atoms with Crippen molar-refractivity contribution in [1.29, 1.82) is 0 Å². The van der Waals surface area contributed by atoms with Crippen LogP contribution in [0.2, 0.25) is 0 Å². The quantitative estimate of drug-likeness (QED) is 0.943. The molecule has 1 aliphatic rings. The molecule has 3 rings (SSSR count). The highest BCUT2D eigenvalue weighted by Gasteiger charge is 2.52. The lowest BCUT2D eigenvalue weighted by atomic mass is 9.76. The molecule has 0 amide bonds.